The fourth-order valence-corrected chi connectivity index (χ4v) is 5.59. The number of rotatable bonds is 35. The van der Waals surface area contributed by atoms with Gasteiger partial charge < -0.3 is 28.6 Å². The molecule has 8 heteroatoms. The molecule has 0 saturated heterocycles. The van der Waals surface area contributed by atoms with Crippen LogP contribution in [0.3, 0.4) is 0 Å². The zero-order chi connectivity index (χ0) is 37.8. The molecule has 8 nitrogen and oxygen atoms in total. The molecule has 0 aromatic heterocycles. The number of hydrogen-bond donors (Lipinski definition) is 0. The second kappa shape index (κ2) is 34.4. The van der Waals surface area contributed by atoms with Gasteiger partial charge in [0.25, 0.3) is 0 Å². The Morgan fingerprint density at radius 3 is 1.63 bits per heavy atom. The van der Waals surface area contributed by atoms with E-state index in [-0.39, 0.29) is 42.7 Å². The predicted molar refractivity (Wildman–Crippen MR) is 208 cm³/mol. The monoisotopic (exact) mass is 718 g/mol. The summed E-state index contributed by atoms with van der Waals surface area (Å²) < 4.78 is 17.1. The first-order chi connectivity index (χ1) is 24.6. The summed E-state index contributed by atoms with van der Waals surface area (Å²) in [7, 11) is 5.39. The number of unbranched alkanes of at least 4 members (excludes halogenated alkanes) is 13. The van der Waals surface area contributed by atoms with Crippen molar-refractivity contribution in [1.29, 1.82) is 0 Å². The molecule has 294 valence electrons. The summed E-state index contributed by atoms with van der Waals surface area (Å²) in [6.45, 7) is 4.49. The molecule has 51 heavy (non-hydrogen) atoms. The van der Waals surface area contributed by atoms with Crippen LogP contribution in [0.4, 0.5) is 0 Å². The lowest BCUT2D eigenvalue weighted by molar-refractivity contribution is -0.889. The smallest absolute Gasteiger partial charge is 0.306 e. The molecule has 0 aliphatic rings. The quantitative estimate of drug-likeness (QED) is 0.0279. The van der Waals surface area contributed by atoms with E-state index in [0.29, 0.717) is 12.8 Å². The highest BCUT2D eigenvalue weighted by Gasteiger charge is 2.25. The summed E-state index contributed by atoms with van der Waals surface area (Å²) in [5, 5.41) is 11.6. The highest BCUT2D eigenvalue weighted by atomic mass is 16.6. The fourth-order valence-electron chi connectivity index (χ4n) is 5.59. The second-order valence-electron chi connectivity index (χ2n) is 14.5. The molecule has 0 heterocycles. The number of hydrogen-bond acceptors (Lipinski definition) is 7. The zero-order valence-electron chi connectivity index (χ0n) is 33.3. The maximum Gasteiger partial charge on any atom is 0.306 e. The summed E-state index contributed by atoms with van der Waals surface area (Å²) >= 11 is 0. The first-order valence-electron chi connectivity index (χ1n) is 20.2. The largest absolute Gasteiger partial charge is 0.544 e. The number of aliphatic carboxylic acids is 1. The number of esters is 2. The second-order valence-corrected chi connectivity index (χ2v) is 14.5. The molecule has 2 unspecified atom stereocenters. The third-order valence-corrected chi connectivity index (χ3v) is 8.73. The summed E-state index contributed by atoms with van der Waals surface area (Å²) in [5.41, 5.74) is 0. The maximum absolute atomic E-state index is 12.6. The van der Waals surface area contributed by atoms with Crippen molar-refractivity contribution in [2.24, 2.45) is 0 Å². The van der Waals surface area contributed by atoms with Crippen molar-refractivity contribution in [3.05, 3.63) is 48.6 Å². The summed E-state index contributed by atoms with van der Waals surface area (Å²) in [5.74, 6) is -1.76. The van der Waals surface area contributed by atoms with E-state index in [1.54, 1.807) is 21.1 Å². The van der Waals surface area contributed by atoms with Gasteiger partial charge >= 0.3 is 11.9 Å². The van der Waals surface area contributed by atoms with E-state index in [1.807, 2.05) is 0 Å². The number of nitrogens with zero attached hydrogens (tertiary/aromatic N) is 1. The van der Waals surface area contributed by atoms with Crippen molar-refractivity contribution in [3.63, 3.8) is 0 Å². The molecule has 0 fully saturated rings. The molecule has 0 saturated carbocycles. The Bertz CT molecular complexity index is 979. The van der Waals surface area contributed by atoms with E-state index < -0.39 is 18.1 Å². The van der Waals surface area contributed by atoms with Gasteiger partial charge in [-0.25, -0.2) is 0 Å². The summed E-state index contributed by atoms with van der Waals surface area (Å²) in [4.78, 5) is 36.6. The van der Waals surface area contributed by atoms with Gasteiger partial charge in [-0.2, -0.15) is 0 Å². The molecule has 0 aromatic carbocycles. The van der Waals surface area contributed by atoms with Crippen molar-refractivity contribution >= 4 is 17.9 Å². The van der Waals surface area contributed by atoms with Crippen LogP contribution >= 0.6 is 0 Å². The van der Waals surface area contributed by atoms with Crippen LogP contribution in [0.2, 0.25) is 0 Å². The minimum atomic E-state index is -1.13. The van der Waals surface area contributed by atoms with E-state index in [0.717, 1.165) is 77.0 Å². The van der Waals surface area contributed by atoms with E-state index in [4.69, 9.17) is 14.2 Å². The van der Waals surface area contributed by atoms with Gasteiger partial charge in [0, 0.05) is 19.3 Å². The molecule has 0 rings (SSSR count). The van der Waals surface area contributed by atoms with Crippen LogP contribution in [-0.2, 0) is 28.6 Å². The van der Waals surface area contributed by atoms with Gasteiger partial charge in [-0.05, 0) is 51.4 Å². The third kappa shape index (κ3) is 32.9. The third-order valence-electron chi connectivity index (χ3n) is 8.73. The normalized spacial score (nSPS) is 13.5. The topological polar surface area (TPSA) is 102 Å². The highest BCUT2D eigenvalue weighted by molar-refractivity contribution is 5.70. The Labute approximate surface area is 312 Å². The Morgan fingerprint density at radius 2 is 1.10 bits per heavy atom. The Balaban J connectivity index is 4.31. The first-order valence-corrected chi connectivity index (χ1v) is 20.2. The SMILES string of the molecule is CC/C=C/C/C=C/C/C=C/C/C=C/CCCCCCCCC(=O)OCC(COCCC(C(=O)[O-])[N+](C)(C)C)OC(=O)CCCCCCCCCC. The van der Waals surface area contributed by atoms with Gasteiger partial charge in [-0.15, -0.1) is 0 Å². The highest BCUT2D eigenvalue weighted by Crippen LogP contribution is 2.13. The molecule has 0 radical (unpaired) electrons. The molecule has 0 bridgehead atoms. The van der Waals surface area contributed by atoms with Gasteiger partial charge in [0.15, 0.2) is 6.10 Å². The zero-order valence-corrected chi connectivity index (χ0v) is 33.3. The van der Waals surface area contributed by atoms with Crippen molar-refractivity contribution in [1.82, 2.24) is 0 Å². The number of carbonyl (C=O) groups is 3. The van der Waals surface area contributed by atoms with E-state index in [2.05, 4.69) is 62.5 Å². The van der Waals surface area contributed by atoms with Crippen molar-refractivity contribution in [3.8, 4) is 0 Å². The van der Waals surface area contributed by atoms with Crippen LogP contribution in [0.25, 0.3) is 0 Å². The van der Waals surface area contributed by atoms with Gasteiger partial charge in [0.2, 0.25) is 0 Å². The molecule has 0 aliphatic heterocycles. The number of carbonyl (C=O) groups excluding carboxylic acids is 3. The fraction of sp³-hybridized carbons (Fsp3) is 0.744. The van der Waals surface area contributed by atoms with Gasteiger partial charge in [-0.3, -0.25) is 9.59 Å². The first kappa shape index (κ1) is 48.3. The van der Waals surface area contributed by atoms with Crippen LogP contribution in [0.1, 0.15) is 155 Å². The molecule has 0 aromatic rings. The van der Waals surface area contributed by atoms with Crippen molar-refractivity contribution in [2.75, 3.05) is 41.0 Å². The van der Waals surface area contributed by atoms with Gasteiger partial charge in [0.1, 0.15) is 12.6 Å². The minimum Gasteiger partial charge on any atom is -0.544 e. The minimum absolute atomic E-state index is 0.0360. The van der Waals surface area contributed by atoms with Crippen molar-refractivity contribution in [2.45, 2.75) is 167 Å². The Morgan fingerprint density at radius 1 is 0.608 bits per heavy atom. The van der Waals surface area contributed by atoms with Crippen LogP contribution in [0.15, 0.2) is 48.6 Å². The van der Waals surface area contributed by atoms with Gasteiger partial charge in [-0.1, -0.05) is 133 Å². The molecule has 0 amide bonds. The van der Waals surface area contributed by atoms with E-state index in [9.17, 15) is 19.5 Å². The maximum atomic E-state index is 12.6. The predicted octanol–water partition coefficient (Wildman–Crippen LogP) is 9.13. The molecular formula is C43H75NO7. The number of carboxylic acid groups (broad SMARTS) is 1. The van der Waals surface area contributed by atoms with Crippen LogP contribution in [-0.4, -0.2) is 75.5 Å². The molecule has 0 spiro atoms. The molecular weight excluding hydrogens is 642 g/mol. The van der Waals surface area contributed by atoms with Crippen molar-refractivity contribution < 1.29 is 38.2 Å². The van der Waals surface area contributed by atoms with E-state index >= 15 is 0 Å². The number of carboxylic acids is 1. The van der Waals surface area contributed by atoms with Crippen LogP contribution in [0, 0.1) is 0 Å². The lowest BCUT2D eigenvalue weighted by Gasteiger charge is -2.34. The standard InChI is InChI=1S/C43H75NO7/c1-6-8-10-12-14-16-17-18-19-20-21-22-23-24-25-26-28-29-31-33-41(45)50-38-39(37-49-36-35-40(43(47)48)44(3,4)5)51-42(46)34-32-30-27-15-13-11-9-7-2/h8,10,14,16,18-19,21-22,39-40H,6-7,9,11-13,15,17,20,23-38H2,1-5H3/b10-8+,16-14+,19-18+,22-21+. The summed E-state index contributed by atoms with van der Waals surface area (Å²) in [6, 6.07) is -0.726. The molecule has 2 atom stereocenters. The Kier molecular flexibility index (Phi) is 32.6. The lowest BCUT2D eigenvalue weighted by atomic mass is 10.1. The number of quaternary nitrogens is 1. The Hall–Kier alpha value is -2.71. The number of allylic oxidation sites excluding steroid dienone is 8. The summed E-state index contributed by atoms with van der Waals surface area (Å²) in [6.07, 6.45) is 38.6. The average molecular weight is 718 g/mol. The number of likely N-dealkylation sites (N-methyl/N-ethyl adjacent to an activating group) is 1. The van der Waals surface area contributed by atoms with Crippen LogP contribution < -0.4 is 5.11 Å². The molecule has 0 aliphatic carbocycles. The molecule has 0 N–H and O–H groups in total. The average Bonchev–Trinajstić information content (AvgIpc) is 3.08. The number of ether oxygens (including phenoxy) is 3. The lowest BCUT2D eigenvalue weighted by Crippen LogP contribution is -2.55. The van der Waals surface area contributed by atoms with E-state index in [1.165, 1.54) is 44.9 Å². The van der Waals surface area contributed by atoms with Crippen LogP contribution in [0.5, 0.6) is 0 Å². The van der Waals surface area contributed by atoms with Gasteiger partial charge in [0.05, 0.1) is 40.3 Å².